The molecule has 0 amide bonds. The third-order valence-electron chi connectivity index (χ3n) is 6.48. The zero-order valence-electron chi connectivity index (χ0n) is 20.6. The van der Waals surface area contributed by atoms with E-state index in [1.54, 1.807) is 0 Å². The Hall–Kier alpha value is -4.01. The van der Waals surface area contributed by atoms with E-state index in [9.17, 15) is 14.7 Å². The maximum Gasteiger partial charge on any atom is 0.354 e. The first-order valence-corrected chi connectivity index (χ1v) is 13.5. The maximum absolute atomic E-state index is 12.0. The number of halogens is 1. The molecule has 0 aliphatic carbocycles. The minimum absolute atomic E-state index is 0.0527. The Labute approximate surface area is 228 Å². The van der Waals surface area contributed by atoms with Crippen molar-refractivity contribution < 1.29 is 9.90 Å². The van der Waals surface area contributed by atoms with Gasteiger partial charge in [0, 0.05) is 34.6 Å². The lowest BCUT2D eigenvalue weighted by Gasteiger charge is -2.11. The molecular weight excluding hydrogens is 520 g/mol. The third-order valence-corrected chi connectivity index (χ3v) is 7.49. The number of carboxylic acid groups (broad SMARTS) is 1. The molecule has 9 heteroatoms. The predicted molar refractivity (Wildman–Crippen MR) is 151 cm³/mol. The van der Waals surface area contributed by atoms with Crippen molar-refractivity contribution in [3.05, 3.63) is 104 Å². The minimum Gasteiger partial charge on any atom is -0.477 e. The van der Waals surface area contributed by atoms with Gasteiger partial charge in [0.05, 0.1) is 10.7 Å². The zero-order valence-corrected chi connectivity index (χ0v) is 22.2. The molecule has 0 bridgehead atoms. The smallest absolute Gasteiger partial charge is 0.354 e. The second kappa shape index (κ2) is 11.2. The quantitative estimate of drug-likeness (QED) is 0.188. The molecule has 38 heavy (non-hydrogen) atoms. The summed E-state index contributed by atoms with van der Waals surface area (Å²) in [4.78, 5) is 27.4. The SMILES string of the molecule is CCCCc1cccc(-c2n[nH]c(C(=O)O)c2Cc2ccc(-c3ccccc3-c3nc(=O)s[nH]3)cc2)c1Cl. The summed E-state index contributed by atoms with van der Waals surface area (Å²) in [5, 5.41) is 17.5. The molecule has 7 nitrogen and oxygen atoms in total. The van der Waals surface area contributed by atoms with Crippen LogP contribution in [-0.2, 0) is 12.8 Å². The Balaban J connectivity index is 1.49. The molecule has 0 radical (unpaired) electrons. The maximum atomic E-state index is 12.0. The first-order valence-electron chi connectivity index (χ1n) is 12.3. The zero-order chi connectivity index (χ0) is 26.6. The minimum atomic E-state index is -1.07. The average Bonchev–Trinajstić information content (AvgIpc) is 3.55. The Kier molecular flexibility index (Phi) is 7.53. The number of carbonyl (C=O) groups is 1. The van der Waals surface area contributed by atoms with Crippen molar-refractivity contribution in [1.29, 1.82) is 0 Å². The Morgan fingerprint density at radius 2 is 1.74 bits per heavy atom. The summed E-state index contributed by atoms with van der Waals surface area (Å²) in [7, 11) is 0. The highest BCUT2D eigenvalue weighted by atomic mass is 35.5. The van der Waals surface area contributed by atoms with Crippen LogP contribution in [-0.4, -0.2) is 30.6 Å². The van der Waals surface area contributed by atoms with E-state index in [0.717, 1.165) is 64.2 Å². The van der Waals surface area contributed by atoms with Crippen molar-refractivity contribution in [3.63, 3.8) is 0 Å². The molecule has 2 aromatic heterocycles. The van der Waals surface area contributed by atoms with E-state index in [2.05, 4.69) is 26.5 Å². The number of aromatic carboxylic acids is 1. The molecule has 3 N–H and O–H groups in total. The van der Waals surface area contributed by atoms with E-state index >= 15 is 0 Å². The fourth-order valence-corrected chi connectivity index (χ4v) is 5.34. The van der Waals surface area contributed by atoms with Crippen molar-refractivity contribution >= 4 is 29.1 Å². The van der Waals surface area contributed by atoms with Gasteiger partial charge in [-0.1, -0.05) is 91.7 Å². The molecule has 5 rings (SSSR count). The second-order valence-corrected chi connectivity index (χ2v) is 10.1. The van der Waals surface area contributed by atoms with Gasteiger partial charge in [-0.15, -0.1) is 0 Å². The van der Waals surface area contributed by atoms with Crippen molar-refractivity contribution in [1.82, 2.24) is 19.6 Å². The molecular formula is C29H25ClN4O3S. The van der Waals surface area contributed by atoms with Gasteiger partial charge in [0.2, 0.25) is 0 Å². The van der Waals surface area contributed by atoms with Crippen molar-refractivity contribution in [3.8, 4) is 33.8 Å². The van der Waals surface area contributed by atoms with Crippen molar-refractivity contribution in [2.24, 2.45) is 0 Å². The lowest BCUT2D eigenvalue weighted by Crippen LogP contribution is -2.03. The van der Waals surface area contributed by atoms with E-state index in [-0.39, 0.29) is 10.6 Å². The number of nitrogens with zero attached hydrogens (tertiary/aromatic N) is 2. The third kappa shape index (κ3) is 5.18. The monoisotopic (exact) mass is 544 g/mol. The molecule has 0 fully saturated rings. The van der Waals surface area contributed by atoms with Gasteiger partial charge < -0.3 is 5.11 Å². The van der Waals surface area contributed by atoms with Gasteiger partial charge in [-0.05, 0) is 35.1 Å². The number of rotatable bonds is 9. The largest absolute Gasteiger partial charge is 0.477 e. The number of nitrogens with one attached hydrogen (secondary N) is 2. The van der Waals surface area contributed by atoms with E-state index in [4.69, 9.17) is 11.6 Å². The van der Waals surface area contributed by atoms with Gasteiger partial charge in [0.1, 0.15) is 5.69 Å². The Morgan fingerprint density at radius 1 is 1.00 bits per heavy atom. The highest BCUT2D eigenvalue weighted by Gasteiger charge is 2.22. The molecule has 0 atom stereocenters. The summed E-state index contributed by atoms with van der Waals surface area (Å²) < 4.78 is 2.97. The number of aromatic nitrogens is 4. The van der Waals surface area contributed by atoms with Crippen LogP contribution < -0.4 is 4.87 Å². The van der Waals surface area contributed by atoms with Gasteiger partial charge >= 0.3 is 10.8 Å². The molecule has 0 spiro atoms. The Morgan fingerprint density at radius 3 is 2.42 bits per heavy atom. The van der Waals surface area contributed by atoms with E-state index < -0.39 is 5.97 Å². The molecule has 5 aromatic rings. The van der Waals surface area contributed by atoms with Gasteiger partial charge in [0.15, 0.2) is 5.82 Å². The summed E-state index contributed by atoms with van der Waals surface area (Å²) in [5.41, 5.74) is 6.59. The number of benzene rings is 3. The first kappa shape index (κ1) is 25.6. The van der Waals surface area contributed by atoms with Crippen LogP contribution in [0.15, 0.2) is 71.5 Å². The van der Waals surface area contributed by atoms with Crippen LogP contribution in [0.2, 0.25) is 5.02 Å². The molecule has 0 unspecified atom stereocenters. The van der Waals surface area contributed by atoms with E-state index in [1.807, 2.05) is 66.7 Å². The topological polar surface area (TPSA) is 112 Å². The summed E-state index contributed by atoms with van der Waals surface area (Å²) >= 11 is 7.73. The van der Waals surface area contributed by atoms with Gasteiger partial charge in [-0.3, -0.25) is 14.3 Å². The summed E-state index contributed by atoms with van der Waals surface area (Å²) in [6, 6.07) is 21.5. The molecule has 0 aliphatic rings. The molecule has 0 aliphatic heterocycles. The Bertz CT molecular complexity index is 1650. The number of carboxylic acids is 1. The molecule has 3 aromatic carbocycles. The fourth-order valence-electron chi connectivity index (χ4n) is 4.55. The highest BCUT2D eigenvalue weighted by molar-refractivity contribution is 7.03. The number of hydrogen-bond acceptors (Lipinski definition) is 5. The van der Waals surface area contributed by atoms with Crippen molar-refractivity contribution in [2.45, 2.75) is 32.6 Å². The lowest BCUT2D eigenvalue weighted by molar-refractivity contribution is 0.0689. The van der Waals surface area contributed by atoms with Crippen molar-refractivity contribution in [2.75, 3.05) is 0 Å². The number of H-pyrrole nitrogens is 2. The number of aryl methyl sites for hydroxylation is 1. The number of hydrogen-bond donors (Lipinski definition) is 3. The second-order valence-electron chi connectivity index (χ2n) is 8.96. The first-order chi connectivity index (χ1) is 18.5. The summed E-state index contributed by atoms with van der Waals surface area (Å²) in [6.07, 6.45) is 3.29. The predicted octanol–water partition coefficient (Wildman–Crippen LogP) is 6.84. The molecule has 2 heterocycles. The highest BCUT2D eigenvalue weighted by Crippen LogP contribution is 2.35. The normalized spacial score (nSPS) is 11.1. The average molecular weight is 545 g/mol. The van der Waals surface area contributed by atoms with Crippen LogP contribution in [0.5, 0.6) is 0 Å². The summed E-state index contributed by atoms with van der Waals surface area (Å²) in [5.74, 6) is -0.535. The van der Waals surface area contributed by atoms with Gasteiger partial charge in [-0.25, -0.2) is 4.79 Å². The van der Waals surface area contributed by atoms with Crippen LogP contribution in [0.3, 0.4) is 0 Å². The van der Waals surface area contributed by atoms with Gasteiger partial charge in [-0.2, -0.15) is 10.1 Å². The summed E-state index contributed by atoms with van der Waals surface area (Å²) in [6.45, 7) is 2.13. The van der Waals surface area contributed by atoms with Crippen LogP contribution in [0.4, 0.5) is 0 Å². The lowest BCUT2D eigenvalue weighted by atomic mass is 9.94. The van der Waals surface area contributed by atoms with Crippen LogP contribution in [0.25, 0.3) is 33.8 Å². The standard InChI is InChI=1S/C29H25ClN4O3S/c1-2-3-7-19-8-6-11-22(24(19)30)25-23(26(28(35)36)33-32-25)16-17-12-14-18(15-13-17)20-9-4-5-10-21(20)27-31-29(37)38-34-27/h4-6,8-15H,2-3,7,16H2,1H3,(H,32,33)(H,35,36)(H,31,34,37). The number of unbranched alkanes of at least 4 members (excludes halogenated alkanes) is 1. The van der Waals surface area contributed by atoms with Crippen LogP contribution in [0.1, 0.15) is 46.9 Å². The van der Waals surface area contributed by atoms with Crippen LogP contribution in [0, 0.1) is 0 Å². The molecule has 192 valence electrons. The molecule has 0 saturated carbocycles. The van der Waals surface area contributed by atoms with Gasteiger partial charge in [0.25, 0.3) is 0 Å². The fraction of sp³-hybridized carbons (Fsp3) is 0.172. The van der Waals surface area contributed by atoms with E-state index in [1.165, 1.54) is 0 Å². The van der Waals surface area contributed by atoms with E-state index in [0.29, 0.717) is 28.5 Å². The molecule has 0 saturated heterocycles. The van der Waals surface area contributed by atoms with Crippen LogP contribution >= 0.6 is 23.1 Å². The number of aromatic amines is 2.